The van der Waals surface area contributed by atoms with Crippen molar-refractivity contribution in [2.45, 2.75) is 26.3 Å². The van der Waals surface area contributed by atoms with E-state index in [0.29, 0.717) is 6.42 Å². The zero-order valence-electron chi connectivity index (χ0n) is 11.6. The molecule has 1 heterocycles. The van der Waals surface area contributed by atoms with Crippen molar-refractivity contribution in [2.75, 3.05) is 7.11 Å². The lowest BCUT2D eigenvalue weighted by Gasteiger charge is -2.10. The van der Waals surface area contributed by atoms with Crippen molar-refractivity contribution in [3.05, 3.63) is 53.1 Å². The number of nitrogens with zero attached hydrogens (tertiary/aromatic N) is 2. The van der Waals surface area contributed by atoms with Crippen LogP contribution in [0.5, 0.6) is 5.75 Å². The van der Waals surface area contributed by atoms with Gasteiger partial charge < -0.3 is 10.5 Å². The molecule has 0 spiro atoms. The molecule has 2 rings (SSSR count). The quantitative estimate of drug-likeness (QED) is 0.913. The van der Waals surface area contributed by atoms with Gasteiger partial charge in [-0.05, 0) is 31.5 Å². The van der Waals surface area contributed by atoms with Crippen molar-refractivity contribution >= 4 is 0 Å². The second kappa shape index (κ2) is 5.80. The van der Waals surface area contributed by atoms with Crippen LogP contribution in [0.4, 0.5) is 0 Å². The first kappa shape index (κ1) is 13.5. The van der Waals surface area contributed by atoms with Crippen LogP contribution >= 0.6 is 0 Å². The highest BCUT2D eigenvalue weighted by atomic mass is 16.5. The number of rotatable bonds is 4. The van der Waals surface area contributed by atoms with Crippen LogP contribution < -0.4 is 10.5 Å². The predicted octanol–water partition coefficient (Wildman–Crippen LogP) is 2.40. The second-order valence-corrected chi connectivity index (χ2v) is 4.64. The average molecular weight is 257 g/mol. The molecule has 0 aliphatic heterocycles. The van der Waals surface area contributed by atoms with E-state index in [1.807, 2.05) is 44.3 Å². The maximum absolute atomic E-state index is 5.86. The Bertz CT molecular complexity index is 550. The van der Waals surface area contributed by atoms with Crippen LogP contribution in [0.15, 0.2) is 30.5 Å². The number of benzene rings is 1. The van der Waals surface area contributed by atoms with E-state index in [1.54, 1.807) is 7.11 Å². The molecule has 0 aliphatic rings. The number of ether oxygens (including phenoxy) is 1. The molecule has 0 saturated heterocycles. The molecule has 1 aromatic carbocycles. The van der Waals surface area contributed by atoms with Crippen molar-refractivity contribution in [3.63, 3.8) is 0 Å². The van der Waals surface area contributed by atoms with Crippen molar-refractivity contribution in [1.82, 2.24) is 9.97 Å². The van der Waals surface area contributed by atoms with Gasteiger partial charge in [-0.3, -0.25) is 0 Å². The van der Waals surface area contributed by atoms with Gasteiger partial charge in [-0.2, -0.15) is 0 Å². The van der Waals surface area contributed by atoms with E-state index in [1.165, 1.54) is 0 Å². The SMILES string of the molecule is COc1ccc(Cc2ncc(C(C)N)c(C)n2)cc1. The minimum Gasteiger partial charge on any atom is -0.497 e. The minimum absolute atomic E-state index is 0.0324. The number of methoxy groups -OCH3 is 1. The molecule has 4 heteroatoms. The molecule has 2 N–H and O–H groups in total. The third-order valence-electron chi connectivity index (χ3n) is 3.08. The maximum atomic E-state index is 5.86. The lowest BCUT2D eigenvalue weighted by Crippen LogP contribution is -2.10. The van der Waals surface area contributed by atoms with Crippen LogP contribution in [0.1, 0.15) is 35.6 Å². The summed E-state index contributed by atoms with van der Waals surface area (Å²) in [6.45, 7) is 3.91. The van der Waals surface area contributed by atoms with Gasteiger partial charge in [0.15, 0.2) is 0 Å². The number of hydrogen-bond donors (Lipinski definition) is 1. The van der Waals surface area contributed by atoms with Gasteiger partial charge >= 0.3 is 0 Å². The number of hydrogen-bond acceptors (Lipinski definition) is 4. The van der Waals surface area contributed by atoms with Gasteiger partial charge in [0, 0.05) is 29.9 Å². The smallest absolute Gasteiger partial charge is 0.132 e. The van der Waals surface area contributed by atoms with E-state index in [4.69, 9.17) is 10.5 Å². The summed E-state index contributed by atoms with van der Waals surface area (Å²) in [5.74, 6) is 1.67. The van der Waals surface area contributed by atoms with E-state index in [0.717, 1.165) is 28.4 Å². The first-order chi connectivity index (χ1) is 9.10. The summed E-state index contributed by atoms with van der Waals surface area (Å²) >= 11 is 0. The van der Waals surface area contributed by atoms with Gasteiger partial charge in [-0.25, -0.2) is 9.97 Å². The van der Waals surface area contributed by atoms with Crippen LogP contribution in [-0.4, -0.2) is 17.1 Å². The van der Waals surface area contributed by atoms with E-state index < -0.39 is 0 Å². The number of nitrogens with two attached hydrogens (primary N) is 1. The molecule has 1 aromatic heterocycles. The topological polar surface area (TPSA) is 61.0 Å². The van der Waals surface area contributed by atoms with Gasteiger partial charge in [0.05, 0.1) is 7.11 Å². The molecule has 1 unspecified atom stereocenters. The third kappa shape index (κ3) is 3.29. The molecule has 1 atom stereocenters. The molecule has 2 aromatic rings. The second-order valence-electron chi connectivity index (χ2n) is 4.64. The van der Waals surface area contributed by atoms with Crippen molar-refractivity contribution in [2.24, 2.45) is 5.73 Å². The van der Waals surface area contributed by atoms with Gasteiger partial charge in [0.25, 0.3) is 0 Å². The van der Waals surface area contributed by atoms with Gasteiger partial charge in [-0.1, -0.05) is 12.1 Å². The van der Waals surface area contributed by atoms with Gasteiger partial charge in [0.2, 0.25) is 0 Å². The van der Waals surface area contributed by atoms with Gasteiger partial charge in [-0.15, -0.1) is 0 Å². The first-order valence-corrected chi connectivity index (χ1v) is 6.31. The highest BCUT2D eigenvalue weighted by Gasteiger charge is 2.07. The fourth-order valence-electron chi connectivity index (χ4n) is 1.98. The average Bonchev–Trinajstić information content (AvgIpc) is 2.39. The first-order valence-electron chi connectivity index (χ1n) is 6.31. The van der Waals surface area contributed by atoms with Crippen molar-refractivity contribution in [3.8, 4) is 5.75 Å². The van der Waals surface area contributed by atoms with Crippen molar-refractivity contribution < 1.29 is 4.74 Å². The monoisotopic (exact) mass is 257 g/mol. The third-order valence-corrected chi connectivity index (χ3v) is 3.08. The molecule has 0 bridgehead atoms. The standard InChI is InChI=1S/C15H19N3O/c1-10(16)14-9-17-15(18-11(14)2)8-12-4-6-13(19-3)7-5-12/h4-7,9-10H,8,16H2,1-3H3. The molecule has 0 fully saturated rings. The Balaban J connectivity index is 2.16. The summed E-state index contributed by atoms with van der Waals surface area (Å²) in [6, 6.07) is 7.90. The summed E-state index contributed by atoms with van der Waals surface area (Å²) in [4.78, 5) is 8.89. The lowest BCUT2D eigenvalue weighted by atomic mass is 10.1. The minimum atomic E-state index is -0.0324. The Labute approximate surface area is 113 Å². The summed E-state index contributed by atoms with van der Waals surface area (Å²) in [6.07, 6.45) is 2.54. The molecule has 19 heavy (non-hydrogen) atoms. The largest absolute Gasteiger partial charge is 0.497 e. The van der Waals surface area contributed by atoms with Crippen LogP contribution in [0.25, 0.3) is 0 Å². The van der Waals surface area contributed by atoms with Crippen LogP contribution in [0, 0.1) is 6.92 Å². The number of aryl methyl sites for hydroxylation is 1. The van der Waals surface area contributed by atoms with E-state index in [9.17, 15) is 0 Å². The van der Waals surface area contributed by atoms with Crippen LogP contribution in [0.2, 0.25) is 0 Å². The van der Waals surface area contributed by atoms with E-state index >= 15 is 0 Å². The molecule has 0 saturated carbocycles. The molecule has 0 aliphatic carbocycles. The van der Waals surface area contributed by atoms with Crippen LogP contribution in [0.3, 0.4) is 0 Å². The summed E-state index contributed by atoms with van der Waals surface area (Å²) in [5, 5.41) is 0. The fourth-order valence-corrected chi connectivity index (χ4v) is 1.98. The Morgan fingerprint density at radius 1 is 1.26 bits per heavy atom. The van der Waals surface area contributed by atoms with Crippen molar-refractivity contribution in [1.29, 1.82) is 0 Å². The lowest BCUT2D eigenvalue weighted by molar-refractivity contribution is 0.414. The summed E-state index contributed by atoms with van der Waals surface area (Å²) in [5.41, 5.74) is 8.97. The highest BCUT2D eigenvalue weighted by Crippen LogP contribution is 2.15. The molecule has 0 radical (unpaired) electrons. The zero-order chi connectivity index (χ0) is 13.8. The zero-order valence-corrected chi connectivity index (χ0v) is 11.6. The Hall–Kier alpha value is -1.94. The Kier molecular flexibility index (Phi) is 4.12. The van der Waals surface area contributed by atoms with Crippen LogP contribution in [-0.2, 0) is 6.42 Å². The summed E-state index contributed by atoms with van der Waals surface area (Å²) in [7, 11) is 1.66. The fraction of sp³-hybridized carbons (Fsp3) is 0.333. The highest BCUT2D eigenvalue weighted by molar-refractivity contribution is 5.29. The van der Waals surface area contributed by atoms with E-state index in [2.05, 4.69) is 9.97 Å². The Morgan fingerprint density at radius 3 is 2.47 bits per heavy atom. The molecular weight excluding hydrogens is 238 g/mol. The Morgan fingerprint density at radius 2 is 1.95 bits per heavy atom. The van der Waals surface area contributed by atoms with Gasteiger partial charge in [0.1, 0.15) is 11.6 Å². The molecule has 0 amide bonds. The predicted molar refractivity (Wildman–Crippen MR) is 75.2 cm³/mol. The normalized spacial score (nSPS) is 12.2. The van der Waals surface area contributed by atoms with E-state index in [-0.39, 0.29) is 6.04 Å². The molecule has 4 nitrogen and oxygen atoms in total. The molecular formula is C15H19N3O. The maximum Gasteiger partial charge on any atom is 0.132 e. The number of aromatic nitrogens is 2. The molecule has 100 valence electrons. The summed E-state index contributed by atoms with van der Waals surface area (Å²) < 4.78 is 5.14.